The Kier molecular flexibility index (Phi) is 4.66. The van der Waals surface area contributed by atoms with Crippen molar-refractivity contribution in [3.8, 4) is 0 Å². The van der Waals surface area contributed by atoms with E-state index in [-0.39, 0.29) is 10.8 Å². The number of carbonyl (C=O) groups excluding carboxylic acids is 1. The van der Waals surface area contributed by atoms with Gasteiger partial charge in [-0.05, 0) is 50.2 Å². The number of rotatable bonds is 4. The largest absolute Gasteiger partial charge is 0.311 e. The van der Waals surface area contributed by atoms with Crippen LogP contribution in [0.25, 0.3) is 0 Å². The molecule has 2 rings (SSSR count). The quantitative estimate of drug-likeness (QED) is 0.870. The number of para-hydroxylation sites is 1. The number of hydrogen-bond donors (Lipinski definition) is 0. The summed E-state index contributed by atoms with van der Waals surface area (Å²) in [5.74, 6) is -0.181. The second-order valence-corrected chi connectivity index (χ2v) is 7.82. The Hall–Kier alpha value is -2.14. The van der Waals surface area contributed by atoms with E-state index in [1.807, 2.05) is 30.3 Å². The van der Waals surface area contributed by atoms with Crippen molar-refractivity contribution in [2.45, 2.75) is 24.0 Å². The van der Waals surface area contributed by atoms with Crippen LogP contribution in [0.4, 0.5) is 5.69 Å². The first kappa shape index (κ1) is 16.2. The van der Waals surface area contributed by atoms with Crippen molar-refractivity contribution in [3.63, 3.8) is 0 Å². The van der Waals surface area contributed by atoms with Crippen molar-refractivity contribution >= 4 is 21.4 Å². The molecule has 0 atom stereocenters. The zero-order valence-corrected chi connectivity index (χ0v) is 13.7. The van der Waals surface area contributed by atoms with E-state index in [0.29, 0.717) is 5.56 Å². The van der Waals surface area contributed by atoms with Crippen LogP contribution in [0, 0.1) is 0 Å². The summed E-state index contributed by atoms with van der Waals surface area (Å²) >= 11 is 0. The minimum absolute atomic E-state index is 0.181. The maximum atomic E-state index is 12.4. The molecule has 116 valence electrons. The second kappa shape index (κ2) is 6.32. The van der Waals surface area contributed by atoms with Gasteiger partial charge < -0.3 is 4.90 Å². The molecule has 2 aromatic carbocycles. The lowest BCUT2D eigenvalue weighted by atomic mass is 10.2. The van der Waals surface area contributed by atoms with Crippen molar-refractivity contribution in [3.05, 3.63) is 60.2 Å². The first-order chi connectivity index (χ1) is 10.3. The van der Waals surface area contributed by atoms with Crippen LogP contribution in [-0.2, 0) is 9.84 Å². The van der Waals surface area contributed by atoms with Crippen molar-refractivity contribution < 1.29 is 13.2 Å². The highest BCUT2D eigenvalue weighted by molar-refractivity contribution is 7.92. The SMILES string of the molecule is CC(C)S(=O)(=O)c1ccc(C(=O)N(C)c2ccccc2)cc1. The van der Waals surface area contributed by atoms with Gasteiger partial charge in [0.25, 0.3) is 5.91 Å². The molecule has 0 heterocycles. The van der Waals surface area contributed by atoms with Crippen LogP contribution < -0.4 is 4.90 Å². The van der Waals surface area contributed by atoms with E-state index in [1.54, 1.807) is 33.0 Å². The van der Waals surface area contributed by atoms with E-state index in [2.05, 4.69) is 0 Å². The zero-order chi connectivity index (χ0) is 16.3. The van der Waals surface area contributed by atoms with E-state index < -0.39 is 15.1 Å². The summed E-state index contributed by atoms with van der Waals surface area (Å²) in [5.41, 5.74) is 1.24. The monoisotopic (exact) mass is 317 g/mol. The molecule has 1 amide bonds. The number of sulfone groups is 1. The fraction of sp³-hybridized carbons (Fsp3) is 0.235. The van der Waals surface area contributed by atoms with Gasteiger partial charge in [0.15, 0.2) is 9.84 Å². The molecule has 0 saturated heterocycles. The molecular formula is C17H19NO3S. The summed E-state index contributed by atoms with van der Waals surface area (Å²) in [6, 6.07) is 15.4. The maximum Gasteiger partial charge on any atom is 0.258 e. The lowest BCUT2D eigenvalue weighted by molar-refractivity contribution is 0.0993. The third kappa shape index (κ3) is 3.20. The molecule has 0 fully saturated rings. The molecule has 0 saturated carbocycles. The Morgan fingerprint density at radius 2 is 1.50 bits per heavy atom. The van der Waals surface area contributed by atoms with Gasteiger partial charge in [-0.15, -0.1) is 0 Å². The van der Waals surface area contributed by atoms with Gasteiger partial charge in [0, 0.05) is 18.3 Å². The smallest absolute Gasteiger partial charge is 0.258 e. The molecule has 0 aliphatic carbocycles. The second-order valence-electron chi connectivity index (χ2n) is 5.32. The number of anilines is 1. The van der Waals surface area contributed by atoms with Crippen LogP contribution in [0.3, 0.4) is 0 Å². The summed E-state index contributed by atoms with van der Waals surface area (Å²) in [6.45, 7) is 3.27. The summed E-state index contributed by atoms with van der Waals surface area (Å²) in [5, 5.41) is -0.485. The Morgan fingerprint density at radius 1 is 0.955 bits per heavy atom. The van der Waals surface area contributed by atoms with Gasteiger partial charge >= 0.3 is 0 Å². The predicted molar refractivity (Wildman–Crippen MR) is 87.9 cm³/mol. The van der Waals surface area contributed by atoms with Crippen molar-refractivity contribution in [2.24, 2.45) is 0 Å². The van der Waals surface area contributed by atoms with Crippen LogP contribution >= 0.6 is 0 Å². The summed E-state index contributed by atoms with van der Waals surface area (Å²) in [4.78, 5) is 14.2. The molecule has 0 aromatic heterocycles. The first-order valence-corrected chi connectivity index (χ1v) is 8.55. The topological polar surface area (TPSA) is 54.5 Å². The van der Waals surface area contributed by atoms with Gasteiger partial charge in [0.05, 0.1) is 10.1 Å². The van der Waals surface area contributed by atoms with Gasteiger partial charge in [-0.2, -0.15) is 0 Å². The minimum Gasteiger partial charge on any atom is -0.311 e. The Bertz CT molecular complexity index is 750. The van der Waals surface area contributed by atoms with Crippen LogP contribution in [-0.4, -0.2) is 26.6 Å². The van der Waals surface area contributed by atoms with Crippen LogP contribution in [0.2, 0.25) is 0 Å². The van der Waals surface area contributed by atoms with Gasteiger partial charge in [-0.3, -0.25) is 4.79 Å². The molecule has 0 unspecified atom stereocenters. The lowest BCUT2D eigenvalue weighted by Gasteiger charge is -2.17. The van der Waals surface area contributed by atoms with Gasteiger partial charge in [-0.25, -0.2) is 8.42 Å². The maximum absolute atomic E-state index is 12.4. The Morgan fingerprint density at radius 3 is 2.00 bits per heavy atom. The minimum atomic E-state index is -3.32. The standard InChI is InChI=1S/C17H19NO3S/c1-13(2)22(20,21)16-11-9-14(10-12-16)17(19)18(3)15-7-5-4-6-8-15/h4-13H,1-3H3. The number of amides is 1. The average Bonchev–Trinajstić information content (AvgIpc) is 2.54. The van der Waals surface area contributed by atoms with Gasteiger partial charge in [0.2, 0.25) is 0 Å². The molecule has 0 aliphatic heterocycles. The first-order valence-electron chi connectivity index (χ1n) is 7.01. The molecule has 0 aliphatic rings. The Balaban J connectivity index is 2.26. The fourth-order valence-corrected chi connectivity index (χ4v) is 3.08. The zero-order valence-electron chi connectivity index (χ0n) is 12.9. The summed E-state index contributed by atoms with van der Waals surface area (Å²) < 4.78 is 24.1. The average molecular weight is 317 g/mol. The van der Waals surface area contributed by atoms with E-state index in [9.17, 15) is 13.2 Å². The van der Waals surface area contributed by atoms with Crippen molar-refractivity contribution in [2.75, 3.05) is 11.9 Å². The molecule has 22 heavy (non-hydrogen) atoms. The molecular weight excluding hydrogens is 298 g/mol. The lowest BCUT2D eigenvalue weighted by Crippen LogP contribution is -2.26. The van der Waals surface area contributed by atoms with Crippen LogP contribution in [0.5, 0.6) is 0 Å². The van der Waals surface area contributed by atoms with E-state index in [4.69, 9.17) is 0 Å². The molecule has 0 bridgehead atoms. The van der Waals surface area contributed by atoms with E-state index >= 15 is 0 Å². The van der Waals surface area contributed by atoms with Gasteiger partial charge in [-0.1, -0.05) is 18.2 Å². The molecule has 4 nitrogen and oxygen atoms in total. The highest BCUT2D eigenvalue weighted by Crippen LogP contribution is 2.19. The van der Waals surface area contributed by atoms with Gasteiger partial charge in [0.1, 0.15) is 0 Å². The Labute approximate surface area is 131 Å². The number of hydrogen-bond acceptors (Lipinski definition) is 3. The summed E-state index contributed by atoms with van der Waals surface area (Å²) in [6.07, 6.45) is 0. The summed E-state index contributed by atoms with van der Waals surface area (Å²) in [7, 11) is -1.63. The van der Waals surface area contributed by atoms with Crippen molar-refractivity contribution in [1.82, 2.24) is 0 Å². The van der Waals surface area contributed by atoms with Crippen LogP contribution in [0.1, 0.15) is 24.2 Å². The highest BCUT2D eigenvalue weighted by atomic mass is 32.2. The predicted octanol–water partition coefficient (Wildman–Crippen LogP) is 3.15. The third-order valence-electron chi connectivity index (χ3n) is 3.50. The number of nitrogens with zero attached hydrogens (tertiary/aromatic N) is 1. The highest BCUT2D eigenvalue weighted by Gasteiger charge is 2.20. The van der Waals surface area contributed by atoms with E-state index in [1.165, 1.54) is 17.0 Å². The number of carbonyl (C=O) groups is 1. The third-order valence-corrected chi connectivity index (χ3v) is 5.67. The molecule has 2 aromatic rings. The number of benzene rings is 2. The van der Waals surface area contributed by atoms with Crippen molar-refractivity contribution in [1.29, 1.82) is 0 Å². The molecule has 5 heteroatoms. The fourth-order valence-electron chi connectivity index (χ4n) is 2.02. The normalized spacial score (nSPS) is 11.5. The van der Waals surface area contributed by atoms with E-state index in [0.717, 1.165) is 5.69 Å². The molecule has 0 N–H and O–H groups in total. The molecule has 0 radical (unpaired) electrons. The molecule has 0 spiro atoms. The van der Waals surface area contributed by atoms with Crippen LogP contribution in [0.15, 0.2) is 59.5 Å².